The molecule has 0 aliphatic carbocycles. The molecule has 1 unspecified atom stereocenters. The molecule has 1 fully saturated rings. The number of ether oxygens (including phenoxy) is 1. The van der Waals surface area contributed by atoms with Gasteiger partial charge in [-0.2, -0.15) is 0 Å². The Hall–Kier alpha value is -2.08. The molecule has 6 heteroatoms. The van der Waals surface area contributed by atoms with E-state index in [0.29, 0.717) is 19.2 Å². The van der Waals surface area contributed by atoms with Crippen molar-refractivity contribution in [1.82, 2.24) is 20.2 Å². The fourth-order valence-electron chi connectivity index (χ4n) is 3.25. The van der Waals surface area contributed by atoms with Crippen LogP contribution < -0.4 is 5.32 Å². The summed E-state index contributed by atoms with van der Waals surface area (Å²) in [5, 5.41) is 2.98. The maximum absolute atomic E-state index is 12.2. The van der Waals surface area contributed by atoms with Crippen LogP contribution in [-0.4, -0.2) is 47.2 Å². The number of amides is 2. The number of H-pyrrole nitrogens is 1. The van der Waals surface area contributed by atoms with Gasteiger partial charge in [0.25, 0.3) is 0 Å². The lowest BCUT2D eigenvalue weighted by molar-refractivity contribution is 0.102. The third-order valence-electron chi connectivity index (χ3n) is 4.67. The summed E-state index contributed by atoms with van der Waals surface area (Å²) in [6.45, 7) is 4.14. The molecule has 1 atom stereocenters. The van der Waals surface area contributed by atoms with E-state index in [1.807, 2.05) is 12.1 Å². The zero-order chi connectivity index (χ0) is 17.6. The van der Waals surface area contributed by atoms with Gasteiger partial charge in [-0.25, -0.2) is 9.78 Å². The number of nitrogens with zero attached hydrogens (tertiary/aromatic N) is 2. The monoisotopic (exact) mass is 344 g/mol. The van der Waals surface area contributed by atoms with Crippen molar-refractivity contribution in [2.45, 2.75) is 51.7 Å². The summed E-state index contributed by atoms with van der Waals surface area (Å²) < 4.78 is 5.61. The number of unbranched alkanes of at least 4 members (excludes halogenated alkanes) is 1. The summed E-state index contributed by atoms with van der Waals surface area (Å²) in [5.74, 6) is 0.802. The zero-order valence-corrected chi connectivity index (χ0v) is 15.2. The van der Waals surface area contributed by atoms with Gasteiger partial charge >= 0.3 is 6.03 Å². The largest absolute Gasteiger partial charge is 0.378 e. The highest BCUT2D eigenvalue weighted by molar-refractivity contribution is 5.76. The SMILES string of the molecule is Cc1ccc2nc(CN(C)C(=O)NCCCCC3CCCO3)[nH]c2c1. The molecule has 1 aliphatic heterocycles. The first-order valence-corrected chi connectivity index (χ1v) is 9.17. The number of benzene rings is 1. The Labute approximate surface area is 149 Å². The maximum Gasteiger partial charge on any atom is 0.317 e. The lowest BCUT2D eigenvalue weighted by Gasteiger charge is -2.16. The first kappa shape index (κ1) is 17.7. The molecule has 136 valence electrons. The molecule has 0 saturated carbocycles. The maximum atomic E-state index is 12.2. The van der Waals surface area contributed by atoms with Gasteiger partial charge in [0.15, 0.2) is 0 Å². The van der Waals surface area contributed by atoms with E-state index < -0.39 is 0 Å². The summed E-state index contributed by atoms with van der Waals surface area (Å²) in [5.41, 5.74) is 3.14. The average molecular weight is 344 g/mol. The lowest BCUT2D eigenvalue weighted by atomic mass is 10.1. The molecule has 1 aromatic heterocycles. The first-order chi connectivity index (χ1) is 12.1. The molecule has 1 aliphatic rings. The standard InChI is InChI=1S/C19H28N4O2/c1-14-8-9-16-17(12-14)22-18(21-16)13-23(2)19(24)20-10-4-3-6-15-7-5-11-25-15/h8-9,12,15H,3-7,10-11,13H2,1-2H3,(H,20,24)(H,21,22). The van der Waals surface area contributed by atoms with E-state index in [0.717, 1.165) is 42.7 Å². The van der Waals surface area contributed by atoms with Crippen LogP contribution in [0.3, 0.4) is 0 Å². The second-order valence-electron chi connectivity index (χ2n) is 6.92. The third-order valence-corrected chi connectivity index (χ3v) is 4.67. The van der Waals surface area contributed by atoms with E-state index >= 15 is 0 Å². The number of fused-ring (bicyclic) bond motifs is 1. The minimum Gasteiger partial charge on any atom is -0.378 e. The van der Waals surface area contributed by atoms with Crippen molar-refractivity contribution >= 4 is 17.1 Å². The number of aryl methyl sites for hydroxylation is 1. The quantitative estimate of drug-likeness (QED) is 0.757. The normalized spacial score (nSPS) is 17.1. The molecule has 1 saturated heterocycles. The van der Waals surface area contributed by atoms with Crippen molar-refractivity contribution in [3.8, 4) is 0 Å². The molecule has 2 aromatic rings. The number of rotatable bonds is 7. The van der Waals surface area contributed by atoms with E-state index in [2.05, 4.69) is 28.3 Å². The molecule has 3 rings (SSSR count). The van der Waals surface area contributed by atoms with E-state index in [-0.39, 0.29) is 6.03 Å². The van der Waals surface area contributed by atoms with Gasteiger partial charge in [-0.3, -0.25) is 0 Å². The minimum absolute atomic E-state index is 0.0613. The van der Waals surface area contributed by atoms with Crippen LogP contribution in [0.25, 0.3) is 11.0 Å². The van der Waals surface area contributed by atoms with Crippen molar-refractivity contribution in [1.29, 1.82) is 0 Å². The number of nitrogens with one attached hydrogen (secondary N) is 2. The van der Waals surface area contributed by atoms with Crippen molar-refractivity contribution in [3.05, 3.63) is 29.6 Å². The molecular weight excluding hydrogens is 316 g/mol. The van der Waals surface area contributed by atoms with Crippen LogP contribution >= 0.6 is 0 Å². The summed E-state index contributed by atoms with van der Waals surface area (Å²) in [6.07, 6.45) is 6.00. The highest BCUT2D eigenvalue weighted by Gasteiger charge is 2.15. The predicted octanol–water partition coefficient (Wildman–Crippen LogP) is 3.36. The number of hydrogen-bond donors (Lipinski definition) is 2. The molecule has 0 spiro atoms. The first-order valence-electron chi connectivity index (χ1n) is 9.17. The molecule has 2 amide bonds. The second kappa shape index (κ2) is 8.34. The van der Waals surface area contributed by atoms with Crippen LogP contribution in [0.4, 0.5) is 4.79 Å². The Morgan fingerprint density at radius 2 is 2.32 bits per heavy atom. The van der Waals surface area contributed by atoms with Gasteiger partial charge in [-0.05, 0) is 56.7 Å². The topological polar surface area (TPSA) is 70.2 Å². The van der Waals surface area contributed by atoms with Crippen LogP contribution in [0.5, 0.6) is 0 Å². The smallest absolute Gasteiger partial charge is 0.317 e. The molecular formula is C19H28N4O2. The van der Waals surface area contributed by atoms with Crippen molar-refractivity contribution in [2.75, 3.05) is 20.2 Å². The molecule has 1 aromatic carbocycles. The summed E-state index contributed by atoms with van der Waals surface area (Å²) >= 11 is 0. The number of carbonyl (C=O) groups excluding carboxylic acids is 1. The van der Waals surface area contributed by atoms with Gasteiger partial charge in [-0.1, -0.05) is 6.07 Å². The Kier molecular flexibility index (Phi) is 5.91. The van der Waals surface area contributed by atoms with E-state index in [1.54, 1.807) is 11.9 Å². The molecule has 0 radical (unpaired) electrons. The van der Waals surface area contributed by atoms with E-state index in [9.17, 15) is 4.79 Å². The zero-order valence-electron chi connectivity index (χ0n) is 15.2. The Morgan fingerprint density at radius 1 is 1.44 bits per heavy atom. The Balaban J connectivity index is 1.39. The number of imidazole rings is 1. The van der Waals surface area contributed by atoms with E-state index in [1.165, 1.54) is 18.4 Å². The summed E-state index contributed by atoms with van der Waals surface area (Å²) in [6, 6.07) is 6.05. The van der Waals surface area contributed by atoms with Gasteiger partial charge in [0, 0.05) is 20.2 Å². The highest BCUT2D eigenvalue weighted by atomic mass is 16.5. The highest BCUT2D eigenvalue weighted by Crippen LogP contribution is 2.17. The Morgan fingerprint density at radius 3 is 3.12 bits per heavy atom. The van der Waals surface area contributed by atoms with Crippen molar-refractivity contribution in [2.24, 2.45) is 0 Å². The van der Waals surface area contributed by atoms with Crippen molar-refractivity contribution < 1.29 is 9.53 Å². The van der Waals surface area contributed by atoms with Crippen LogP contribution in [0.15, 0.2) is 18.2 Å². The molecule has 25 heavy (non-hydrogen) atoms. The number of aromatic amines is 1. The lowest BCUT2D eigenvalue weighted by Crippen LogP contribution is -2.37. The van der Waals surface area contributed by atoms with Crippen LogP contribution in [-0.2, 0) is 11.3 Å². The van der Waals surface area contributed by atoms with E-state index in [4.69, 9.17) is 4.74 Å². The van der Waals surface area contributed by atoms with Gasteiger partial charge in [0.2, 0.25) is 0 Å². The number of hydrogen-bond acceptors (Lipinski definition) is 3. The molecule has 0 bridgehead atoms. The molecule has 6 nitrogen and oxygen atoms in total. The number of aromatic nitrogens is 2. The van der Waals surface area contributed by atoms with Gasteiger partial charge in [0.1, 0.15) is 5.82 Å². The van der Waals surface area contributed by atoms with Crippen molar-refractivity contribution in [3.63, 3.8) is 0 Å². The van der Waals surface area contributed by atoms with Gasteiger partial charge in [-0.15, -0.1) is 0 Å². The average Bonchev–Trinajstić information content (AvgIpc) is 3.23. The van der Waals surface area contributed by atoms with Crippen LogP contribution in [0.1, 0.15) is 43.5 Å². The molecule has 2 heterocycles. The fourth-order valence-corrected chi connectivity index (χ4v) is 3.25. The summed E-state index contributed by atoms with van der Waals surface area (Å²) in [7, 11) is 1.79. The van der Waals surface area contributed by atoms with Gasteiger partial charge < -0.3 is 19.9 Å². The summed E-state index contributed by atoms with van der Waals surface area (Å²) in [4.78, 5) is 21.7. The Bertz CT molecular complexity index is 707. The molecule has 2 N–H and O–H groups in total. The predicted molar refractivity (Wildman–Crippen MR) is 98.5 cm³/mol. The minimum atomic E-state index is -0.0613. The number of carbonyl (C=O) groups is 1. The van der Waals surface area contributed by atoms with Gasteiger partial charge in [0.05, 0.1) is 23.7 Å². The van der Waals surface area contributed by atoms with Crippen LogP contribution in [0.2, 0.25) is 0 Å². The second-order valence-corrected chi connectivity index (χ2v) is 6.92. The van der Waals surface area contributed by atoms with Crippen LogP contribution in [0, 0.1) is 6.92 Å². The number of urea groups is 1. The fraction of sp³-hybridized carbons (Fsp3) is 0.579. The third kappa shape index (κ3) is 4.95.